The number of nitrogens with one attached hydrogen (secondary N) is 1. The zero-order chi connectivity index (χ0) is 15.7. The van der Waals surface area contributed by atoms with Crippen LogP contribution in [0.25, 0.3) is 0 Å². The Morgan fingerprint density at radius 1 is 1.14 bits per heavy atom. The van der Waals surface area contributed by atoms with Crippen LogP contribution in [0.15, 0.2) is 29.3 Å². The van der Waals surface area contributed by atoms with Gasteiger partial charge in [0.25, 0.3) is 6.02 Å². The van der Waals surface area contributed by atoms with Crippen molar-refractivity contribution in [1.29, 1.82) is 0 Å². The predicted molar refractivity (Wildman–Crippen MR) is 61.6 cm³/mol. The van der Waals surface area contributed by atoms with Gasteiger partial charge in [0, 0.05) is 0 Å². The Hall–Kier alpha value is -1.93. The summed E-state index contributed by atoms with van der Waals surface area (Å²) in [6, 6.07) is 0.416. The highest BCUT2D eigenvalue weighted by atomic mass is 19.4. The fourth-order valence-electron chi connectivity index (χ4n) is 1.79. The molecule has 2 rings (SSSR count). The molecule has 0 spiro atoms. The molecule has 1 atom stereocenters. The zero-order valence-corrected chi connectivity index (χ0v) is 10.4. The lowest BCUT2D eigenvalue weighted by Crippen LogP contribution is -2.38. The van der Waals surface area contributed by atoms with E-state index in [0.717, 1.165) is 12.1 Å². The summed E-state index contributed by atoms with van der Waals surface area (Å²) in [5.74, 6) is 0. The van der Waals surface area contributed by atoms with Crippen molar-refractivity contribution in [3.63, 3.8) is 0 Å². The molecule has 1 heterocycles. The van der Waals surface area contributed by atoms with Crippen molar-refractivity contribution in [3.8, 4) is 0 Å². The second-order valence-electron chi connectivity index (χ2n) is 4.28. The van der Waals surface area contributed by atoms with Crippen LogP contribution in [0.2, 0.25) is 0 Å². The van der Waals surface area contributed by atoms with Gasteiger partial charge >= 0.3 is 12.4 Å². The molecule has 21 heavy (non-hydrogen) atoms. The maximum absolute atomic E-state index is 13.0. The van der Waals surface area contributed by atoms with Crippen LogP contribution in [0.3, 0.4) is 0 Å². The number of amidine groups is 1. The van der Waals surface area contributed by atoms with Crippen LogP contribution in [-0.4, -0.2) is 25.3 Å². The molecule has 116 valence electrons. The first-order valence-corrected chi connectivity index (χ1v) is 5.85. The Bertz CT molecular complexity index is 537. The molecule has 1 aromatic rings. The van der Waals surface area contributed by atoms with Gasteiger partial charge < -0.3 is 10.1 Å². The van der Waals surface area contributed by atoms with Crippen LogP contribution in [-0.2, 0) is 10.9 Å². The molecule has 0 amide bonds. The molecule has 0 bridgehead atoms. The van der Waals surface area contributed by atoms with E-state index in [9.17, 15) is 26.3 Å². The third-order valence-electron chi connectivity index (χ3n) is 2.73. The molecule has 1 unspecified atom stereocenters. The van der Waals surface area contributed by atoms with Gasteiger partial charge in [-0.05, 0) is 17.7 Å². The quantitative estimate of drug-likeness (QED) is 0.850. The lowest BCUT2D eigenvalue weighted by molar-refractivity contribution is -0.155. The SMILES string of the molecule is FC(F)(F)c1cccc(C(NC2=NCCO2)C(F)(F)F)c1. The van der Waals surface area contributed by atoms with Gasteiger partial charge in [-0.2, -0.15) is 26.3 Å². The van der Waals surface area contributed by atoms with Crippen molar-refractivity contribution < 1.29 is 31.1 Å². The van der Waals surface area contributed by atoms with E-state index in [-0.39, 0.29) is 19.2 Å². The maximum atomic E-state index is 13.0. The number of hydrogen-bond acceptors (Lipinski definition) is 3. The first-order valence-electron chi connectivity index (χ1n) is 5.85. The number of aliphatic imine (C=N–C) groups is 1. The summed E-state index contributed by atoms with van der Waals surface area (Å²) in [5.41, 5.74) is -1.71. The smallest absolute Gasteiger partial charge is 0.416 e. The molecule has 3 nitrogen and oxygen atoms in total. The Morgan fingerprint density at radius 3 is 2.38 bits per heavy atom. The van der Waals surface area contributed by atoms with Crippen LogP contribution in [0, 0.1) is 0 Å². The minimum atomic E-state index is -4.79. The monoisotopic (exact) mass is 312 g/mol. The summed E-state index contributed by atoms with van der Waals surface area (Å²) < 4.78 is 81.7. The van der Waals surface area contributed by atoms with Crippen molar-refractivity contribution in [2.24, 2.45) is 4.99 Å². The average molecular weight is 312 g/mol. The normalized spacial score (nSPS) is 17.1. The highest BCUT2D eigenvalue weighted by Gasteiger charge is 2.43. The first-order chi connectivity index (χ1) is 9.68. The van der Waals surface area contributed by atoms with Gasteiger partial charge in [0.2, 0.25) is 0 Å². The van der Waals surface area contributed by atoms with Gasteiger partial charge in [0.15, 0.2) is 6.04 Å². The molecular formula is C12H10F6N2O. The van der Waals surface area contributed by atoms with Crippen molar-refractivity contribution in [2.75, 3.05) is 13.2 Å². The highest BCUT2D eigenvalue weighted by molar-refractivity contribution is 5.75. The maximum Gasteiger partial charge on any atom is 0.416 e. The number of hydrogen-bond donors (Lipinski definition) is 1. The third-order valence-corrected chi connectivity index (χ3v) is 2.73. The van der Waals surface area contributed by atoms with Crippen molar-refractivity contribution in [2.45, 2.75) is 18.4 Å². The second kappa shape index (κ2) is 5.45. The molecule has 9 heteroatoms. The minimum Gasteiger partial charge on any atom is -0.463 e. The van der Waals surface area contributed by atoms with Crippen LogP contribution >= 0.6 is 0 Å². The zero-order valence-electron chi connectivity index (χ0n) is 10.4. The summed E-state index contributed by atoms with van der Waals surface area (Å²) in [5, 5.41) is 1.99. The fourth-order valence-corrected chi connectivity index (χ4v) is 1.79. The number of halogens is 6. The van der Waals surface area contributed by atoms with E-state index in [1.165, 1.54) is 0 Å². The molecule has 0 aliphatic carbocycles. The van der Waals surface area contributed by atoms with E-state index in [1.807, 2.05) is 5.32 Å². The lowest BCUT2D eigenvalue weighted by atomic mass is 10.0. The van der Waals surface area contributed by atoms with Gasteiger partial charge in [-0.15, -0.1) is 0 Å². The van der Waals surface area contributed by atoms with Crippen LogP contribution < -0.4 is 5.32 Å². The van der Waals surface area contributed by atoms with Crippen molar-refractivity contribution in [1.82, 2.24) is 5.32 Å². The van der Waals surface area contributed by atoms with E-state index in [1.54, 1.807) is 0 Å². The molecule has 0 saturated heterocycles. The summed E-state index contributed by atoms with van der Waals surface area (Å²) in [6.07, 6.45) is -9.51. The third kappa shape index (κ3) is 3.79. The Morgan fingerprint density at radius 2 is 1.86 bits per heavy atom. The summed E-state index contributed by atoms with van der Waals surface area (Å²) >= 11 is 0. The van der Waals surface area contributed by atoms with E-state index in [2.05, 4.69) is 4.99 Å². The average Bonchev–Trinajstić information content (AvgIpc) is 2.86. The number of benzene rings is 1. The van der Waals surface area contributed by atoms with Crippen molar-refractivity contribution in [3.05, 3.63) is 35.4 Å². The molecule has 0 saturated carbocycles. The molecule has 1 aromatic carbocycles. The van der Waals surface area contributed by atoms with E-state index >= 15 is 0 Å². The minimum absolute atomic E-state index is 0.134. The van der Waals surface area contributed by atoms with E-state index in [0.29, 0.717) is 12.1 Å². The Labute approximate surface area is 115 Å². The van der Waals surface area contributed by atoms with Gasteiger partial charge in [-0.1, -0.05) is 12.1 Å². The highest BCUT2D eigenvalue weighted by Crippen LogP contribution is 2.36. The van der Waals surface area contributed by atoms with Crippen LogP contribution in [0.4, 0.5) is 26.3 Å². The Kier molecular flexibility index (Phi) is 4.02. The molecule has 1 aliphatic heterocycles. The molecule has 0 aromatic heterocycles. The summed E-state index contributed by atoms with van der Waals surface area (Å²) in [6.45, 7) is 0.338. The van der Waals surface area contributed by atoms with Gasteiger partial charge in [0.05, 0.1) is 12.1 Å². The van der Waals surface area contributed by atoms with E-state index < -0.39 is 29.5 Å². The molecule has 1 aliphatic rings. The molecule has 0 radical (unpaired) electrons. The summed E-state index contributed by atoms with van der Waals surface area (Å²) in [4.78, 5) is 3.65. The fraction of sp³-hybridized carbons (Fsp3) is 0.417. The molecule has 1 N–H and O–H groups in total. The number of ether oxygens (including phenoxy) is 1. The number of alkyl halides is 6. The molecule has 0 fully saturated rings. The molecular weight excluding hydrogens is 302 g/mol. The van der Waals surface area contributed by atoms with Crippen LogP contribution in [0.5, 0.6) is 0 Å². The van der Waals surface area contributed by atoms with Crippen LogP contribution in [0.1, 0.15) is 17.2 Å². The number of nitrogens with zero attached hydrogens (tertiary/aromatic N) is 1. The number of rotatable bonds is 2. The summed E-state index contributed by atoms with van der Waals surface area (Å²) in [7, 11) is 0. The standard InChI is InChI=1S/C12H10F6N2O/c13-11(14,15)8-3-1-2-7(6-8)9(12(16,17)18)20-10-19-4-5-21-10/h1-3,6,9H,4-5H2,(H,19,20). The first kappa shape index (κ1) is 15.5. The van der Waals surface area contributed by atoms with Gasteiger partial charge in [0.1, 0.15) is 6.61 Å². The largest absolute Gasteiger partial charge is 0.463 e. The lowest BCUT2D eigenvalue weighted by Gasteiger charge is -2.23. The topological polar surface area (TPSA) is 33.6 Å². The van der Waals surface area contributed by atoms with Gasteiger partial charge in [-0.3, -0.25) is 0 Å². The second-order valence-corrected chi connectivity index (χ2v) is 4.28. The predicted octanol–water partition coefficient (Wildman–Crippen LogP) is 3.28. The van der Waals surface area contributed by atoms with Crippen molar-refractivity contribution >= 4 is 6.02 Å². The Balaban J connectivity index is 2.32. The van der Waals surface area contributed by atoms with E-state index in [4.69, 9.17) is 4.74 Å². The van der Waals surface area contributed by atoms with Gasteiger partial charge in [-0.25, -0.2) is 4.99 Å².